The molecule has 4 heterocycles. The van der Waals surface area contributed by atoms with Gasteiger partial charge in [0.15, 0.2) is 0 Å². The molecule has 0 aliphatic carbocycles. The maximum atomic E-state index is 13.4. The zero-order chi connectivity index (χ0) is 23.7. The summed E-state index contributed by atoms with van der Waals surface area (Å²) in [6.45, 7) is 2.47. The number of halogens is 5. The first-order valence-electron chi connectivity index (χ1n) is 11.0. The highest BCUT2D eigenvalue weighted by Crippen LogP contribution is 2.35. The molecule has 0 amide bonds. The molecule has 1 fully saturated rings. The van der Waals surface area contributed by atoms with Gasteiger partial charge in [0.1, 0.15) is 17.3 Å². The predicted molar refractivity (Wildman–Crippen MR) is 133 cm³/mol. The number of benzene rings is 1. The highest BCUT2D eigenvalue weighted by molar-refractivity contribution is 7.08. The van der Waals surface area contributed by atoms with Gasteiger partial charge in [-0.15, -0.1) is 12.4 Å². The molecule has 0 atom stereocenters. The largest absolute Gasteiger partial charge is 0.433 e. The molecule has 1 aliphatic heterocycles. The Labute approximate surface area is 210 Å². The lowest BCUT2D eigenvalue weighted by Crippen LogP contribution is -2.38. The van der Waals surface area contributed by atoms with Gasteiger partial charge in [-0.25, -0.2) is 14.4 Å². The number of nitrogens with one attached hydrogen (secondary N) is 1. The van der Waals surface area contributed by atoms with E-state index >= 15 is 0 Å². The lowest BCUT2D eigenvalue weighted by molar-refractivity contribution is -0.140. The summed E-state index contributed by atoms with van der Waals surface area (Å²) < 4.78 is 53.2. The van der Waals surface area contributed by atoms with Gasteiger partial charge in [0.2, 0.25) is 0 Å². The standard InChI is InChI=1S/C25H22F4N4S.ClH/c26-18-3-1-16(2-4-18)14-33-10-7-19(8-11-33)31-24-20-5-6-22(25(27,28)29)32-23(20)21(13-30-24)17-9-12-34-15-17;/h1-6,9,12-13,15,19H,7-8,10-11,14H2,(H,30,31);1H. The molecule has 0 unspecified atom stereocenters. The Hall–Kier alpha value is -2.75. The Morgan fingerprint density at radius 2 is 1.77 bits per heavy atom. The third-order valence-corrected chi connectivity index (χ3v) is 6.78. The van der Waals surface area contributed by atoms with E-state index in [-0.39, 0.29) is 24.3 Å². The minimum atomic E-state index is -4.52. The maximum Gasteiger partial charge on any atom is 0.433 e. The van der Waals surface area contributed by atoms with Crippen molar-refractivity contribution in [1.82, 2.24) is 14.9 Å². The van der Waals surface area contributed by atoms with Gasteiger partial charge >= 0.3 is 6.18 Å². The van der Waals surface area contributed by atoms with Gasteiger partial charge in [0.25, 0.3) is 0 Å². The maximum absolute atomic E-state index is 13.4. The van der Waals surface area contributed by atoms with Gasteiger partial charge in [-0.3, -0.25) is 4.90 Å². The van der Waals surface area contributed by atoms with E-state index in [1.807, 2.05) is 16.8 Å². The first kappa shape index (κ1) is 25.3. The molecule has 184 valence electrons. The van der Waals surface area contributed by atoms with Gasteiger partial charge in [-0.1, -0.05) is 12.1 Å². The average molecular weight is 523 g/mol. The Balaban J connectivity index is 0.00000289. The molecular weight excluding hydrogens is 500 g/mol. The van der Waals surface area contributed by atoms with Crippen molar-refractivity contribution in [3.05, 3.63) is 76.5 Å². The molecule has 35 heavy (non-hydrogen) atoms. The molecule has 4 aromatic rings. The van der Waals surface area contributed by atoms with E-state index in [1.54, 1.807) is 18.3 Å². The van der Waals surface area contributed by atoms with Crippen LogP contribution in [0, 0.1) is 5.82 Å². The molecule has 5 rings (SSSR count). The summed E-state index contributed by atoms with van der Waals surface area (Å²) in [5, 5.41) is 7.77. The van der Waals surface area contributed by atoms with Crippen molar-refractivity contribution in [3.8, 4) is 11.1 Å². The van der Waals surface area contributed by atoms with Crippen LogP contribution in [0.3, 0.4) is 0 Å². The van der Waals surface area contributed by atoms with Gasteiger partial charge < -0.3 is 5.32 Å². The number of alkyl halides is 3. The fourth-order valence-electron chi connectivity index (χ4n) is 4.29. The molecule has 4 nitrogen and oxygen atoms in total. The fourth-order valence-corrected chi connectivity index (χ4v) is 4.95. The zero-order valence-corrected chi connectivity index (χ0v) is 20.2. The SMILES string of the molecule is Cl.Fc1ccc(CN2CCC(Nc3ncc(-c4ccsc4)c4nc(C(F)(F)F)ccc34)CC2)cc1. The van der Waals surface area contributed by atoms with E-state index in [0.29, 0.717) is 22.3 Å². The smallest absolute Gasteiger partial charge is 0.367 e. The second-order valence-electron chi connectivity index (χ2n) is 8.44. The summed E-state index contributed by atoms with van der Waals surface area (Å²) in [6, 6.07) is 11.0. The highest BCUT2D eigenvalue weighted by Gasteiger charge is 2.33. The van der Waals surface area contributed by atoms with Crippen molar-refractivity contribution in [1.29, 1.82) is 0 Å². The van der Waals surface area contributed by atoms with Crippen LogP contribution in [0.2, 0.25) is 0 Å². The molecule has 0 bridgehead atoms. The van der Waals surface area contributed by atoms with E-state index in [1.165, 1.54) is 29.5 Å². The minimum Gasteiger partial charge on any atom is -0.367 e. The van der Waals surface area contributed by atoms with Gasteiger partial charge in [-0.05, 0) is 65.1 Å². The molecule has 0 saturated carbocycles. The van der Waals surface area contributed by atoms with Crippen LogP contribution in [0.1, 0.15) is 24.1 Å². The average Bonchev–Trinajstić information content (AvgIpc) is 3.36. The van der Waals surface area contributed by atoms with Crippen molar-refractivity contribution < 1.29 is 17.6 Å². The molecule has 0 spiro atoms. The fraction of sp³-hybridized carbons (Fsp3) is 0.280. The van der Waals surface area contributed by atoms with E-state index in [4.69, 9.17) is 0 Å². The third kappa shape index (κ3) is 5.74. The molecular formula is C25H23ClF4N4S. The van der Waals surface area contributed by atoms with Crippen LogP contribution in [0.25, 0.3) is 22.0 Å². The highest BCUT2D eigenvalue weighted by atomic mass is 35.5. The van der Waals surface area contributed by atoms with E-state index in [0.717, 1.165) is 49.7 Å². The van der Waals surface area contributed by atoms with E-state index in [9.17, 15) is 17.6 Å². The van der Waals surface area contributed by atoms with Crippen LogP contribution in [0.15, 0.2) is 59.4 Å². The summed E-state index contributed by atoms with van der Waals surface area (Å²) >= 11 is 1.47. The number of pyridine rings is 2. The van der Waals surface area contributed by atoms with Crippen LogP contribution < -0.4 is 5.32 Å². The van der Waals surface area contributed by atoms with Crippen LogP contribution in [-0.4, -0.2) is 34.0 Å². The predicted octanol–water partition coefficient (Wildman–Crippen LogP) is 7.01. The van der Waals surface area contributed by atoms with Crippen molar-refractivity contribution in [2.24, 2.45) is 0 Å². The van der Waals surface area contributed by atoms with Crippen LogP contribution in [-0.2, 0) is 12.7 Å². The molecule has 3 aromatic heterocycles. The van der Waals surface area contributed by atoms with Gasteiger partial charge in [0.05, 0.1) is 5.52 Å². The zero-order valence-electron chi connectivity index (χ0n) is 18.6. The third-order valence-electron chi connectivity index (χ3n) is 6.10. The number of anilines is 1. The molecule has 1 aromatic carbocycles. The Kier molecular flexibility index (Phi) is 7.59. The number of fused-ring (bicyclic) bond motifs is 1. The number of hydrogen-bond acceptors (Lipinski definition) is 5. The molecule has 0 radical (unpaired) electrons. The molecule has 1 saturated heterocycles. The first-order valence-corrected chi connectivity index (χ1v) is 11.9. The van der Waals surface area contributed by atoms with Crippen molar-refractivity contribution >= 4 is 40.5 Å². The monoisotopic (exact) mass is 522 g/mol. The second kappa shape index (κ2) is 10.5. The summed E-state index contributed by atoms with van der Waals surface area (Å²) in [5.41, 5.74) is 1.83. The van der Waals surface area contributed by atoms with Crippen LogP contribution in [0.4, 0.5) is 23.4 Å². The van der Waals surface area contributed by atoms with E-state index in [2.05, 4.69) is 20.2 Å². The summed E-state index contributed by atoms with van der Waals surface area (Å²) in [5.74, 6) is 0.306. The number of likely N-dealkylation sites (tertiary alicyclic amines) is 1. The lowest BCUT2D eigenvalue weighted by atomic mass is 10.0. The van der Waals surface area contributed by atoms with E-state index < -0.39 is 11.9 Å². The second-order valence-corrected chi connectivity index (χ2v) is 9.22. The lowest BCUT2D eigenvalue weighted by Gasteiger charge is -2.32. The number of hydrogen-bond donors (Lipinski definition) is 1. The first-order chi connectivity index (χ1) is 16.4. The topological polar surface area (TPSA) is 41.0 Å². The number of nitrogens with zero attached hydrogens (tertiary/aromatic N) is 3. The quantitative estimate of drug-likeness (QED) is 0.286. The number of aromatic nitrogens is 2. The molecule has 10 heteroatoms. The van der Waals surface area contributed by atoms with Gasteiger partial charge in [-0.2, -0.15) is 24.5 Å². The van der Waals surface area contributed by atoms with Gasteiger partial charge in [0, 0.05) is 42.8 Å². The molecule has 1 N–H and O–H groups in total. The number of piperidine rings is 1. The van der Waals surface area contributed by atoms with Crippen molar-refractivity contribution in [2.45, 2.75) is 31.6 Å². The Morgan fingerprint density at radius 1 is 1.03 bits per heavy atom. The number of thiophene rings is 1. The van der Waals surface area contributed by atoms with Crippen LogP contribution >= 0.6 is 23.7 Å². The summed E-state index contributed by atoms with van der Waals surface area (Å²) in [7, 11) is 0. The molecule has 1 aliphatic rings. The Bertz CT molecular complexity index is 1270. The summed E-state index contributed by atoms with van der Waals surface area (Å²) in [6.07, 6.45) is -1.19. The van der Waals surface area contributed by atoms with Crippen LogP contribution in [0.5, 0.6) is 0 Å². The normalized spacial score (nSPS) is 15.2. The minimum absolute atomic E-state index is 0. The number of rotatable bonds is 5. The Morgan fingerprint density at radius 3 is 2.43 bits per heavy atom. The van der Waals surface area contributed by atoms with Crippen molar-refractivity contribution in [3.63, 3.8) is 0 Å². The summed E-state index contributed by atoms with van der Waals surface area (Å²) in [4.78, 5) is 10.9. The van der Waals surface area contributed by atoms with Crippen molar-refractivity contribution in [2.75, 3.05) is 18.4 Å².